The summed E-state index contributed by atoms with van der Waals surface area (Å²) < 4.78 is 0. The molecule has 2 aliphatic rings. The first kappa shape index (κ1) is 16.5. The van der Waals surface area contributed by atoms with Gasteiger partial charge in [-0.1, -0.05) is 0 Å². The van der Waals surface area contributed by atoms with Gasteiger partial charge >= 0.3 is 0 Å². The lowest BCUT2D eigenvalue weighted by Gasteiger charge is -2.47. The van der Waals surface area contributed by atoms with E-state index in [1.165, 1.54) is 0 Å². The van der Waals surface area contributed by atoms with E-state index < -0.39 is 0 Å². The summed E-state index contributed by atoms with van der Waals surface area (Å²) in [6.45, 7) is 5.13. The van der Waals surface area contributed by atoms with Gasteiger partial charge in [-0.15, -0.1) is 0 Å². The van der Waals surface area contributed by atoms with E-state index in [9.17, 15) is 4.79 Å². The predicted molar refractivity (Wildman–Crippen MR) is 90.2 cm³/mol. The number of nitrogens with zero attached hydrogens (tertiary/aromatic N) is 4. The number of aryl methyl sites for hydroxylation is 1. The molecule has 0 aliphatic carbocycles. The second kappa shape index (κ2) is 7.01. The number of likely N-dealkylation sites (N-methyl/N-ethyl adjacent to an activating group) is 1. The average molecular weight is 319 g/mol. The van der Waals surface area contributed by atoms with E-state index in [0.29, 0.717) is 12.3 Å². The van der Waals surface area contributed by atoms with Gasteiger partial charge in [0.05, 0.1) is 6.20 Å². The summed E-state index contributed by atoms with van der Waals surface area (Å²) in [6.07, 6.45) is 8.43. The molecule has 1 aromatic heterocycles. The normalized spacial score (nSPS) is 23.1. The number of aromatic nitrogens is 2. The summed E-state index contributed by atoms with van der Waals surface area (Å²) in [5.74, 6) is 0.291. The molecule has 1 amide bonds. The van der Waals surface area contributed by atoms with Gasteiger partial charge in [0.15, 0.2) is 0 Å². The van der Waals surface area contributed by atoms with Crippen molar-refractivity contribution in [3.63, 3.8) is 0 Å². The van der Waals surface area contributed by atoms with Crippen molar-refractivity contribution in [1.82, 2.24) is 24.9 Å². The molecule has 2 aliphatic heterocycles. The van der Waals surface area contributed by atoms with Crippen LogP contribution in [0.4, 0.5) is 0 Å². The Morgan fingerprint density at radius 3 is 2.74 bits per heavy atom. The maximum Gasteiger partial charge on any atom is 0.222 e. The van der Waals surface area contributed by atoms with Crippen LogP contribution in [0.25, 0.3) is 0 Å². The minimum absolute atomic E-state index is 0.175. The molecule has 0 unspecified atom stereocenters. The van der Waals surface area contributed by atoms with Gasteiger partial charge in [-0.05, 0) is 58.4 Å². The molecule has 0 atom stereocenters. The maximum absolute atomic E-state index is 12.7. The molecule has 0 saturated carbocycles. The Bertz CT molecular complexity index is 507. The predicted octanol–water partition coefficient (Wildman–Crippen LogP) is 0.971. The molecule has 6 heteroatoms. The fourth-order valence-corrected chi connectivity index (χ4v) is 3.90. The zero-order valence-corrected chi connectivity index (χ0v) is 14.4. The Hall–Kier alpha value is -1.40. The fraction of sp³-hybridized carbons (Fsp3) is 0.765. The zero-order valence-electron chi connectivity index (χ0n) is 14.4. The van der Waals surface area contributed by atoms with Crippen molar-refractivity contribution < 1.29 is 4.79 Å². The number of amides is 1. The number of rotatable bonds is 3. The average Bonchev–Trinajstić information content (AvgIpc) is 3.01. The Kier molecular flexibility index (Phi) is 5.02. The third kappa shape index (κ3) is 3.75. The fourth-order valence-electron chi connectivity index (χ4n) is 3.90. The molecule has 3 rings (SSSR count). The number of hydrogen-bond acceptors (Lipinski definition) is 4. The molecular formula is C17H29N5O. The standard InChI is InChI=1S/C17H29N5O/c1-20-10-6-17(7-11-20)14-22(9-3-8-21(17)2)16(23)5-4-15-12-18-19-13-15/h12-13H,3-11,14H2,1-2H3,(H,18,19). The Morgan fingerprint density at radius 1 is 1.26 bits per heavy atom. The molecule has 6 nitrogen and oxygen atoms in total. The van der Waals surface area contributed by atoms with Gasteiger partial charge in [-0.3, -0.25) is 14.8 Å². The lowest BCUT2D eigenvalue weighted by molar-refractivity contribution is -0.132. The molecule has 3 heterocycles. The lowest BCUT2D eigenvalue weighted by Crippen LogP contribution is -2.58. The van der Waals surface area contributed by atoms with E-state index in [4.69, 9.17) is 0 Å². The van der Waals surface area contributed by atoms with Crippen LogP contribution in [0.3, 0.4) is 0 Å². The number of likely N-dealkylation sites (tertiary alicyclic amines) is 1. The van der Waals surface area contributed by atoms with Crippen molar-refractivity contribution in [1.29, 1.82) is 0 Å². The van der Waals surface area contributed by atoms with Crippen LogP contribution in [0.2, 0.25) is 0 Å². The number of H-pyrrole nitrogens is 1. The van der Waals surface area contributed by atoms with Crippen LogP contribution in [0.15, 0.2) is 12.4 Å². The SMILES string of the molecule is CN1CCC2(CC1)CN(C(=O)CCc1cn[nH]c1)CCCN2C. The molecule has 0 radical (unpaired) electrons. The minimum Gasteiger partial charge on any atom is -0.341 e. The topological polar surface area (TPSA) is 55.5 Å². The zero-order chi connectivity index (χ0) is 16.3. The molecule has 0 aromatic carbocycles. The Balaban J connectivity index is 1.63. The van der Waals surface area contributed by atoms with Gasteiger partial charge in [-0.25, -0.2) is 0 Å². The van der Waals surface area contributed by atoms with Crippen LogP contribution < -0.4 is 0 Å². The molecule has 0 bridgehead atoms. The minimum atomic E-state index is 0.175. The highest BCUT2D eigenvalue weighted by atomic mass is 16.2. The van der Waals surface area contributed by atoms with Crippen molar-refractivity contribution >= 4 is 5.91 Å². The van der Waals surface area contributed by atoms with Crippen molar-refractivity contribution in [2.75, 3.05) is 46.8 Å². The summed E-state index contributed by atoms with van der Waals surface area (Å²) in [6, 6.07) is 0. The van der Waals surface area contributed by atoms with Crippen LogP contribution in [0, 0.1) is 0 Å². The summed E-state index contributed by atoms with van der Waals surface area (Å²) in [4.78, 5) is 19.7. The Labute approximate surface area is 138 Å². The molecule has 1 N–H and O–H groups in total. The molecule has 128 valence electrons. The summed E-state index contributed by atoms with van der Waals surface area (Å²) in [7, 11) is 4.43. The first-order valence-corrected chi connectivity index (χ1v) is 8.74. The number of aromatic amines is 1. The van der Waals surface area contributed by atoms with E-state index in [-0.39, 0.29) is 5.54 Å². The number of hydrogen-bond donors (Lipinski definition) is 1. The first-order chi connectivity index (χ1) is 11.1. The van der Waals surface area contributed by atoms with Crippen LogP contribution in [0.5, 0.6) is 0 Å². The molecule has 1 aromatic rings. The molecular weight excluding hydrogens is 290 g/mol. The van der Waals surface area contributed by atoms with E-state index in [1.54, 1.807) is 0 Å². The third-order valence-electron chi connectivity index (χ3n) is 5.67. The van der Waals surface area contributed by atoms with Gasteiger partial charge < -0.3 is 9.80 Å². The van der Waals surface area contributed by atoms with Crippen LogP contribution in [0.1, 0.15) is 31.2 Å². The van der Waals surface area contributed by atoms with E-state index >= 15 is 0 Å². The van der Waals surface area contributed by atoms with Crippen molar-refractivity contribution in [3.8, 4) is 0 Å². The number of carbonyl (C=O) groups is 1. The first-order valence-electron chi connectivity index (χ1n) is 8.74. The third-order valence-corrected chi connectivity index (χ3v) is 5.67. The second-order valence-electron chi connectivity index (χ2n) is 7.22. The smallest absolute Gasteiger partial charge is 0.222 e. The number of carbonyl (C=O) groups excluding carboxylic acids is 1. The van der Waals surface area contributed by atoms with Crippen molar-refractivity contribution in [3.05, 3.63) is 18.0 Å². The molecule has 23 heavy (non-hydrogen) atoms. The number of nitrogens with one attached hydrogen (secondary N) is 1. The number of piperidine rings is 1. The molecule has 1 spiro atoms. The van der Waals surface area contributed by atoms with Crippen molar-refractivity contribution in [2.45, 2.75) is 37.6 Å². The van der Waals surface area contributed by atoms with Crippen molar-refractivity contribution in [2.24, 2.45) is 0 Å². The quantitative estimate of drug-likeness (QED) is 0.902. The summed E-state index contributed by atoms with van der Waals surface area (Å²) in [5, 5.41) is 6.77. The van der Waals surface area contributed by atoms with E-state index in [2.05, 4.69) is 39.0 Å². The summed E-state index contributed by atoms with van der Waals surface area (Å²) >= 11 is 0. The largest absolute Gasteiger partial charge is 0.341 e. The van der Waals surface area contributed by atoms with E-state index in [0.717, 1.165) is 64.0 Å². The monoisotopic (exact) mass is 319 g/mol. The second-order valence-corrected chi connectivity index (χ2v) is 7.22. The Morgan fingerprint density at radius 2 is 2.04 bits per heavy atom. The summed E-state index contributed by atoms with van der Waals surface area (Å²) in [5.41, 5.74) is 1.29. The van der Waals surface area contributed by atoms with E-state index in [1.807, 2.05) is 12.4 Å². The maximum atomic E-state index is 12.7. The van der Waals surface area contributed by atoms with Gasteiger partial charge in [0.1, 0.15) is 0 Å². The van der Waals surface area contributed by atoms with Gasteiger partial charge in [0.2, 0.25) is 5.91 Å². The van der Waals surface area contributed by atoms with Gasteiger partial charge in [0, 0.05) is 37.8 Å². The van der Waals surface area contributed by atoms with Gasteiger partial charge in [0.25, 0.3) is 0 Å². The van der Waals surface area contributed by atoms with Crippen LogP contribution in [-0.4, -0.2) is 83.2 Å². The highest BCUT2D eigenvalue weighted by Crippen LogP contribution is 2.31. The molecule has 2 fully saturated rings. The van der Waals surface area contributed by atoms with Gasteiger partial charge in [-0.2, -0.15) is 5.10 Å². The highest BCUT2D eigenvalue weighted by molar-refractivity contribution is 5.76. The lowest BCUT2D eigenvalue weighted by atomic mass is 9.85. The molecule has 2 saturated heterocycles. The van der Waals surface area contributed by atoms with Crippen LogP contribution >= 0.6 is 0 Å². The van der Waals surface area contributed by atoms with Crippen LogP contribution in [-0.2, 0) is 11.2 Å². The highest BCUT2D eigenvalue weighted by Gasteiger charge is 2.41.